The summed E-state index contributed by atoms with van der Waals surface area (Å²) < 4.78 is 12.6. The molecule has 0 aliphatic heterocycles. The van der Waals surface area contributed by atoms with Gasteiger partial charge in [-0.15, -0.1) is 0 Å². The Morgan fingerprint density at radius 1 is 1.09 bits per heavy atom. The predicted octanol–water partition coefficient (Wildman–Crippen LogP) is 5.95. The summed E-state index contributed by atoms with van der Waals surface area (Å²) in [5.74, 6) is 0.955. The fourth-order valence-electron chi connectivity index (χ4n) is 2.06. The lowest BCUT2D eigenvalue weighted by molar-refractivity contribution is 0.0729. The molecule has 0 saturated carbocycles. The Bertz CT molecular complexity index is 711. The van der Waals surface area contributed by atoms with Crippen LogP contribution in [0.25, 0.3) is 0 Å². The maximum atomic E-state index is 12.5. The van der Waals surface area contributed by atoms with Crippen LogP contribution in [0.1, 0.15) is 42.6 Å². The first kappa shape index (κ1) is 18.0. The Balaban J connectivity index is 2.27. The summed E-state index contributed by atoms with van der Waals surface area (Å²) in [6.45, 7) is 6.58. The Labute approximate surface area is 153 Å². The highest BCUT2D eigenvalue weighted by atomic mass is 79.9. The molecule has 0 aliphatic carbocycles. The van der Waals surface area contributed by atoms with E-state index in [-0.39, 0.29) is 0 Å². The monoisotopic (exact) mass is 440 g/mol. The first-order chi connectivity index (χ1) is 10.9. The van der Waals surface area contributed by atoms with Crippen molar-refractivity contribution < 1.29 is 14.3 Å². The standard InChI is InChI=1S/C18H18Br2O3/c1-4-22-16-8-6-13(19)10-14(16)18(21)23-17-7-5-12(11(2)3)9-15(17)20/h5-11H,4H2,1-3H3. The first-order valence-electron chi connectivity index (χ1n) is 7.36. The molecule has 0 atom stereocenters. The molecular weight excluding hydrogens is 424 g/mol. The van der Waals surface area contributed by atoms with Crippen LogP contribution in [0.5, 0.6) is 11.5 Å². The van der Waals surface area contributed by atoms with Gasteiger partial charge < -0.3 is 9.47 Å². The second-order valence-electron chi connectivity index (χ2n) is 5.31. The minimum Gasteiger partial charge on any atom is -0.493 e. The molecular formula is C18H18Br2O3. The summed E-state index contributed by atoms with van der Waals surface area (Å²) >= 11 is 6.83. The van der Waals surface area contributed by atoms with Gasteiger partial charge in [0.2, 0.25) is 0 Å². The van der Waals surface area contributed by atoms with E-state index < -0.39 is 5.97 Å². The van der Waals surface area contributed by atoms with Gasteiger partial charge in [0.05, 0.1) is 11.1 Å². The first-order valence-corrected chi connectivity index (χ1v) is 8.95. The van der Waals surface area contributed by atoms with Crippen LogP contribution in [-0.2, 0) is 0 Å². The van der Waals surface area contributed by atoms with E-state index in [4.69, 9.17) is 9.47 Å². The molecule has 0 spiro atoms. The average molecular weight is 442 g/mol. The number of benzene rings is 2. The molecule has 0 aliphatic rings. The molecule has 0 bridgehead atoms. The van der Waals surface area contributed by atoms with Crippen LogP contribution in [0.15, 0.2) is 45.3 Å². The van der Waals surface area contributed by atoms with Gasteiger partial charge in [0.15, 0.2) is 0 Å². The lowest BCUT2D eigenvalue weighted by Gasteiger charge is -2.12. The number of carbonyl (C=O) groups excluding carboxylic acids is 1. The minimum atomic E-state index is -0.451. The molecule has 0 heterocycles. The van der Waals surface area contributed by atoms with Gasteiger partial charge in [0.1, 0.15) is 17.1 Å². The third-order valence-electron chi connectivity index (χ3n) is 3.29. The molecule has 0 fully saturated rings. The molecule has 0 N–H and O–H groups in total. The fraction of sp³-hybridized carbons (Fsp3) is 0.278. The van der Waals surface area contributed by atoms with Crippen molar-refractivity contribution in [1.82, 2.24) is 0 Å². The molecule has 23 heavy (non-hydrogen) atoms. The molecule has 2 aromatic rings. The van der Waals surface area contributed by atoms with Crippen molar-refractivity contribution in [2.24, 2.45) is 0 Å². The van der Waals surface area contributed by atoms with Crippen molar-refractivity contribution in [3.63, 3.8) is 0 Å². The lowest BCUT2D eigenvalue weighted by Crippen LogP contribution is -2.11. The largest absolute Gasteiger partial charge is 0.493 e. The topological polar surface area (TPSA) is 35.5 Å². The van der Waals surface area contributed by atoms with Gasteiger partial charge in [0, 0.05) is 4.47 Å². The maximum Gasteiger partial charge on any atom is 0.347 e. The normalized spacial score (nSPS) is 10.7. The predicted molar refractivity (Wildman–Crippen MR) is 98.5 cm³/mol. The van der Waals surface area contributed by atoms with E-state index in [0.29, 0.717) is 29.6 Å². The number of halogens is 2. The Morgan fingerprint density at radius 3 is 2.39 bits per heavy atom. The zero-order chi connectivity index (χ0) is 17.0. The second-order valence-corrected chi connectivity index (χ2v) is 7.08. The van der Waals surface area contributed by atoms with Crippen LogP contribution in [-0.4, -0.2) is 12.6 Å². The number of ether oxygens (including phenoxy) is 2. The summed E-state index contributed by atoms with van der Waals surface area (Å²) in [7, 11) is 0. The molecule has 2 rings (SSSR count). The lowest BCUT2D eigenvalue weighted by atomic mass is 10.0. The molecule has 0 unspecified atom stereocenters. The van der Waals surface area contributed by atoms with Gasteiger partial charge in [-0.1, -0.05) is 35.8 Å². The van der Waals surface area contributed by atoms with Crippen molar-refractivity contribution in [1.29, 1.82) is 0 Å². The highest BCUT2D eigenvalue weighted by molar-refractivity contribution is 9.10. The van der Waals surface area contributed by atoms with E-state index in [1.807, 2.05) is 25.1 Å². The Morgan fingerprint density at radius 2 is 1.78 bits per heavy atom. The van der Waals surface area contributed by atoms with Gasteiger partial charge in [-0.3, -0.25) is 0 Å². The molecule has 0 amide bonds. The molecule has 0 saturated heterocycles. The third kappa shape index (κ3) is 4.58. The highest BCUT2D eigenvalue weighted by Crippen LogP contribution is 2.31. The number of rotatable bonds is 5. The zero-order valence-corrected chi connectivity index (χ0v) is 16.4. The van der Waals surface area contributed by atoms with Crippen molar-refractivity contribution in [3.05, 3.63) is 56.5 Å². The second kappa shape index (κ2) is 7.97. The SMILES string of the molecule is CCOc1ccc(Br)cc1C(=O)Oc1ccc(C(C)C)cc1Br. The van der Waals surface area contributed by atoms with Gasteiger partial charge >= 0.3 is 5.97 Å². The number of hydrogen-bond acceptors (Lipinski definition) is 3. The highest BCUT2D eigenvalue weighted by Gasteiger charge is 2.17. The smallest absolute Gasteiger partial charge is 0.347 e. The zero-order valence-electron chi connectivity index (χ0n) is 13.2. The Kier molecular flexibility index (Phi) is 6.25. The van der Waals surface area contributed by atoms with Crippen molar-refractivity contribution in [3.8, 4) is 11.5 Å². The number of carbonyl (C=O) groups is 1. The molecule has 122 valence electrons. The fourth-order valence-corrected chi connectivity index (χ4v) is 2.90. The Hall–Kier alpha value is -1.33. The van der Waals surface area contributed by atoms with Crippen molar-refractivity contribution in [2.45, 2.75) is 26.7 Å². The summed E-state index contributed by atoms with van der Waals surface area (Å²) in [5.41, 5.74) is 1.56. The third-order valence-corrected chi connectivity index (χ3v) is 4.40. The number of hydrogen-bond donors (Lipinski definition) is 0. The summed E-state index contributed by atoms with van der Waals surface area (Å²) in [4.78, 5) is 12.5. The van der Waals surface area contributed by atoms with Crippen LogP contribution < -0.4 is 9.47 Å². The quantitative estimate of drug-likeness (QED) is 0.424. The maximum absolute atomic E-state index is 12.5. The van der Waals surface area contributed by atoms with Crippen LogP contribution in [0.3, 0.4) is 0 Å². The van der Waals surface area contributed by atoms with Gasteiger partial charge in [0.25, 0.3) is 0 Å². The van der Waals surface area contributed by atoms with E-state index in [2.05, 4.69) is 45.7 Å². The average Bonchev–Trinajstić information content (AvgIpc) is 2.51. The van der Waals surface area contributed by atoms with Crippen LogP contribution >= 0.6 is 31.9 Å². The summed E-state index contributed by atoms with van der Waals surface area (Å²) in [6.07, 6.45) is 0. The van der Waals surface area contributed by atoms with Crippen LogP contribution in [0.4, 0.5) is 0 Å². The van der Waals surface area contributed by atoms with E-state index >= 15 is 0 Å². The van der Waals surface area contributed by atoms with E-state index in [1.165, 1.54) is 5.56 Å². The summed E-state index contributed by atoms with van der Waals surface area (Å²) in [6, 6.07) is 11.0. The minimum absolute atomic E-state index is 0.390. The molecule has 0 radical (unpaired) electrons. The van der Waals surface area contributed by atoms with E-state index in [1.54, 1.807) is 18.2 Å². The summed E-state index contributed by atoms with van der Waals surface area (Å²) in [5, 5.41) is 0. The molecule has 2 aromatic carbocycles. The van der Waals surface area contributed by atoms with Gasteiger partial charge in [-0.2, -0.15) is 0 Å². The van der Waals surface area contributed by atoms with Gasteiger partial charge in [-0.05, 0) is 64.7 Å². The van der Waals surface area contributed by atoms with Crippen LogP contribution in [0, 0.1) is 0 Å². The van der Waals surface area contributed by atoms with Crippen molar-refractivity contribution >= 4 is 37.8 Å². The molecule has 5 heteroatoms. The number of esters is 1. The van der Waals surface area contributed by atoms with E-state index in [9.17, 15) is 4.79 Å². The van der Waals surface area contributed by atoms with Gasteiger partial charge in [-0.25, -0.2) is 4.79 Å². The molecule has 0 aromatic heterocycles. The van der Waals surface area contributed by atoms with Crippen LogP contribution in [0.2, 0.25) is 0 Å². The molecule has 3 nitrogen and oxygen atoms in total. The van der Waals surface area contributed by atoms with E-state index in [0.717, 1.165) is 8.95 Å². The van der Waals surface area contributed by atoms with Crippen molar-refractivity contribution in [2.75, 3.05) is 6.61 Å².